The third-order valence-corrected chi connectivity index (χ3v) is 5.74. The highest BCUT2D eigenvalue weighted by molar-refractivity contribution is 6.47. The van der Waals surface area contributed by atoms with Crippen LogP contribution in [-0.2, 0) is 14.4 Å². The molecular formula is C18H20N2O5. The Morgan fingerprint density at radius 1 is 1.16 bits per heavy atom. The second-order valence-electron chi connectivity index (χ2n) is 7.02. The van der Waals surface area contributed by atoms with Gasteiger partial charge in [-0.15, -0.1) is 0 Å². The van der Waals surface area contributed by atoms with Crippen LogP contribution in [0.15, 0.2) is 24.3 Å². The highest BCUT2D eigenvalue weighted by Crippen LogP contribution is 2.62. The van der Waals surface area contributed by atoms with E-state index in [1.807, 2.05) is 0 Å². The first-order valence-corrected chi connectivity index (χ1v) is 8.10. The van der Waals surface area contributed by atoms with Gasteiger partial charge in [-0.05, 0) is 30.4 Å². The molecule has 2 atom stereocenters. The predicted octanol–water partition coefficient (Wildman–Crippen LogP) is 1.03. The normalized spacial score (nSPS) is 26.4. The fraction of sp³-hybridized carbons (Fsp3) is 0.444. The van der Waals surface area contributed by atoms with E-state index in [-0.39, 0.29) is 5.56 Å². The number of hydrazine groups is 1. The summed E-state index contributed by atoms with van der Waals surface area (Å²) < 4.78 is 5.11. The molecule has 1 aromatic rings. The molecule has 2 aliphatic carbocycles. The Hall–Kier alpha value is -2.70. The van der Waals surface area contributed by atoms with Gasteiger partial charge in [0.05, 0.1) is 12.7 Å². The van der Waals surface area contributed by atoms with Crippen molar-refractivity contribution in [3.8, 4) is 5.75 Å². The van der Waals surface area contributed by atoms with Crippen molar-refractivity contribution < 1.29 is 23.9 Å². The number of ether oxygens (including phenoxy) is 1. The maximum Gasteiger partial charge on any atom is 0.273 e. The first-order chi connectivity index (χ1) is 11.8. The number of rotatable bonds is 3. The van der Waals surface area contributed by atoms with Crippen LogP contribution in [-0.4, -0.2) is 30.5 Å². The van der Waals surface area contributed by atoms with Gasteiger partial charge in [0.1, 0.15) is 11.2 Å². The van der Waals surface area contributed by atoms with Crippen LogP contribution in [0.5, 0.6) is 5.75 Å². The van der Waals surface area contributed by atoms with Crippen LogP contribution in [0.1, 0.15) is 37.0 Å². The molecule has 7 nitrogen and oxygen atoms in total. The summed E-state index contributed by atoms with van der Waals surface area (Å²) in [4.78, 5) is 49.6. The summed E-state index contributed by atoms with van der Waals surface area (Å²) in [6.45, 7) is 3.52. The van der Waals surface area contributed by atoms with Gasteiger partial charge < -0.3 is 4.74 Å². The van der Waals surface area contributed by atoms with E-state index in [1.165, 1.54) is 7.11 Å². The lowest BCUT2D eigenvalue weighted by molar-refractivity contribution is -0.149. The fourth-order valence-corrected chi connectivity index (χ4v) is 4.20. The number of ketones is 2. The molecule has 2 amide bonds. The third-order valence-electron chi connectivity index (χ3n) is 5.74. The molecule has 132 valence electrons. The van der Waals surface area contributed by atoms with E-state index < -0.39 is 40.1 Å². The number of para-hydroxylation sites is 1. The molecule has 3 rings (SSSR count). The standard InChI is InChI=1S/C18H20N2O5/c1-17(2)11-8-9-18(17,14(22)13(11)21)16(24)20-19-15(23)10-6-4-5-7-12(10)25-3/h4-7,11H,8-9H2,1-3H3,(H,19,23)(H,20,24). The number of benzene rings is 1. The summed E-state index contributed by atoms with van der Waals surface area (Å²) in [5, 5.41) is 0. The summed E-state index contributed by atoms with van der Waals surface area (Å²) in [5.41, 5.74) is 2.72. The van der Waals surface area contributed by atoms with Crippen molar-refractivity contribution in [2.75, 3.05) is 7.11 Å². The minimum absolute atomic E-state index is 0.250. The van der Waals surface area contributed by atoms with Crippen molar-refractivity contribution in [2.45, 2.75) is 26.7 Å². The number of carbonyl (C=O) groups excluding carboxylic acids is 4. The lowest BCUT2D eigenvalue weighted by Crippen LogP contribution is -2.55. The summed E-state index contributed by atoms with van der Waals surface area (Å²) in [6.07, 6.45) is 0.817. The van der Waals surface area contributed by atoms with Gasteiger partial charge in [-0.1, -0.05) is 26.0 Å². The van der Waals surface area contributed by atoms with Gasteiger partial charge in [0.2, 0.25) is 11.6 Å². The number of hydrogen-bond donors (Lipinski definition) is 2. The van der Waals surface area contributed by atoms with Crippen LogP contribution in [0.2, 0.25) is 0 Å². The Balaban J connectivity index is 1.78. The number of hydrogen-bond acceptors (Lipinski definition) is 5. The van der Waals surface area contributed by atoms with E-state index >= 15 is 0 Å². The molecule has 0 aromatic heterocycles. The topological polar surface area (TPSA) is 102 Å². The van der Waals surface area contributed by atoms with Crippen LogP contribution < -0.4 is 15.6 Å². The minimum atomic E-state index is -1.41. The number of methoxy groups -OCH3 is 1. The van der Waals surface area contributed by atoms with E-state index in [1.54, 1.807) is 38.1 Å². The van der Waals surface area contributed by atoms with Gasteiger partial charge in [0, 0.05) is 5.92 Å². The summed E-state index contributed by atoms with van der Waals surface area (Å²) in [6, 6.07) is 6.57. The van der Waals surface area contributed by atoms with Crippen LogP contribution >= 0.6 is 0 Å². The molecule has 2 N–H and O–H groups in total. The van der Waals surface area contributed by atoms with Gasteiger partial charge in [-0.25, -0.2) is 0 Å². The lowest BCUT2D eigenvalue weighted by atomic mass is 9.68. The zero-order chi connectivity index (χ0) is 18.4. The average Bonchev–Trinajstić information content (AvgIpc) is 2.95. The molecule has 2 unspecified atom stereocenters. The summed E-state index contributed by atoms with van der Waals surface area (Å²) in [5.74, 6) is -2.41. The molecule has 0 radical (unpaired) electrons. The smallest absolute Gasteiger partial charge is 0.273 e. The van der Waals surface area contributed by atoms with Crippen molar-refractivity contribution in [1.29, 1.82) is 0 Å². The quantitative estimate of drug-likeness (QED) is 0.484. The van der Waals surface area contributed by atoms with Crippen LogP contribution in [0.25, 0.3) is 0 Å². The first kappa shape index (κ1) is 17.1. The molecule has 2 saturated carbocycles. The highest BCUT2D eigenvalue weighted by atomic mass is 16.5. The molecule has 2 bridgehead atoms. The van der Waals surface area contributed by atoms with E-state index in [9.17, 15) is 19.2 Å². The van der Waals surface area contributed by atoms with Crippen LogP contribution in [0.3, 0.4) is 0 Å². The molecule has 7 heteroatoms. The van der Waals surface area contributed by atoms with Crippen molar-refractivity contribution in [1.82, 2.24) is 10.9 Å². The zero-order valence-corrected chi connectivity index (χ0v) is 14.3. The fourth-order valence-electron chi connectivity index (χ4n) is 4.20. The molecule has 2 aliphatic rings. The van der Waals surface area contributed by atoms with E-state index in [0.717, 1.165) is 0 Å². The number of fused-ring (bicyclic) bond motifs is 2. The second kappa shape index (κ2) is 5.68. The van der Waals surface area contributed by atoms with Gasteiger partial charge in [-0.2, -0.15) is 0 Å². The molecule has 0 heterocycles. The van der Waals surface area contributed by atoms with Crippen molar-refractivity contribution >= 4 is 23.4 Å². The molecule has 0 spiro atoms. The molecule has 1 aromatic carbocycles. The average molecular weight is 344 g/mol. The van der Waals surface area contributed by atoms with Gasteiger partial charge in [0.15, 0.2) is 0 Å². The Labute approximate surface area is 145 Å². The molecular weight excluding hydrogens is 324 g/mol. The Bertz CT molecular complexity index is 785. The lowest BCUT2D eigenvalue weighted by Gasteiger charge is -2.33. The molecule has 0 aliphatic heterocycles. The molecule has 2 fully saturated rings. The van der Waals surface area contributed by atoms with Gasteiger partial charge in [0.25, 0.3) is 11.8 Å². The second-order valence-corrected chi connectivity index (χ2v) is 7.02. The monoisotopic (exact) mass is 344 g/mol. The summed E-state index contributed by atoms with van der Waals surface area (Å²) in [7, 11) is 1.44. The van der Waals surface area contributed by atoms with E-state index in [4.69, 9.17) is 4.74 Å². The summed E-state index contributed by atoms with van der Waals surface area (Å²) >= 11 is 0. The van der Waals surface area contributed by atoms with Crippen LogP contribution in [0.4, 0.5) is 0 Å². The minimum Gasteiger partial charge on any atom is -0.496 e. The highest BCUT2D eigenvalue weighted by Gasteiger charge is 2.72. The van der Waals surface area contributed by atoms with E-state index in [2.05, 4.69) is 10.9 Å². The van der Waals surface area contributed by atoms with E-state index in [0.29, 0.717) is 18.6 Å². The van der Waals surface area contributed by atoms with Crippen LogP contribution in [0, 0.1) is 16.7 Å². The third kappa shape index (κ3) is 2.18. The molecule has 25 heavy (non-hydrogen) atoms. The number of nitrogens with one attached hydrogen (secondary N) is 2. The number of amides is 2. The maximum atomic E-state index is 12.8. The largest absolute Gasteiger partial charge is 0.496 e. The predicted molar refractivity (Wildman–Crippen MR) is 87.6 cm³/mol. The van der Waals surface area contributed by atoms with Crippen molar-refractivity contribution in [2.24, 2.45) is 16.7 Å². The first-order valence-electron chi connectivity index (χ1n) is 8.10. The van der Waals surface area contributed by atoms with Crippen molar-refractivity contribution in [3.05, 3.63) is 29.8 Å². The Kier molecular flexibility index (Phi) is 3.89. The maximum absolute atomic E-state index is 12.8. The Morgan fingerprint density at radius 3 is 2.44 bits per heavy atom. The number of Topliss-reactive ketones (excluding diaryl/α,β-unsaturated/α-hetero) is 2. The Morgan fingerprint density at radius 2 is 1.84 bits per heavy atom. The zero-order valence-electron chi connectivity index (χ0n) is 14.3. The van der Waals surface area contributed by atoms with Gasteiger partial charge in [-0.3, -0.25) is 30.0 Å². The molecule has 0 saturated heterocycles. The number of carbonyl (C=O) groups is 4. The SMILES string of the molecule is COc1ccccc1C(=O)NNC(=O)C12CCC(C(=O)C1=O)C2(C)C. The van der Waals surface area contributed by atoms with Gasteiger partial charge >= 0.3 is 0 Å². The van der Waals surface area contributed by atoms with Crippen molar-refractivity contribution in [3.63, 3.8) is 0 Å².